The van der Waals surface area contributed by atoms with Crippen molar-refractivity contribution in [3.63, 3.8) is 0 Å². The smallest absolute Gasteiger partial charge is 0.343 e. The summed E-state index contributed by atoms with van der Waals surface area (Å²) in [7, 11) is 1.54. The summed E-state index contributed by atoms with van der Waals surface area (Å²) in [5, 5.41) is 9.98. The topological polar surface area (TPSA) is 113 Å². The predicted octanol–water partition coefficient (Wildman–Crippen LogP) is 6.25. The van der Waals surface area contributed by atoms with Crippen LogP contribution < -0.4 is 29.4 Å². The summed E-state index contributed by atoms with van der Waals surface area (Å²) < 4.78 is 42.3. The minimum Gasteiger partial charge on any atom is -0.497 e. The third-order valence-corrected chi connectivity index (χ3v) is 6.67. The lowest BCUT2D eigenvalue weighted by molar-refractivity contribution is 0.0734. The fraction of sp³-hybridized carbons (Fsp3) is 0.152. The van der Waals surface area contributed by atoms with Gasteiger partial charge in [0.05, 0.1) is 25.2 Å². The summed E-state index contributed by atoms with van der Waals surface area (Å²) in [6.45, 7) is 2.21. The van der Waals surface area contributed by atoms with Gasteiger partial charge in [-0.25, -0.2) is 9.18 Å². The standard InChI is InChI=1S/C33H27FN2O6/c1-3-39-30-16-21(10-15-28(30)40-19-22-6-4-5-7-27(22)34)31-25-14-13-24(17-29(25)42-32(36)26(31)18-35)41-33(37)20-8-11-23(38-2)12-9-20/h4-17,31H,3,19,36H2,1-2H3. The predicted molar refractivity (Wildman–Crippen MR) is 152 cm³/mol. The number of nitrogens with zero attached hydrogens (tertiary/aromatic N) is 1. The van der Waals surface area contributed by atoms with Crippen LogP contribution in [-0.4, -0.2) is 19.7 Å². The third kappa shape index (κ3) is 5.83. The molecule has 0 bridgehead atoms. The molecule has 8 nitrogen and oxygen atoms in total. The van der Waals surface area contributed by atoms with E-state index in [1.54, 1.807) is 86.0 Å². The molecule has 5 rings (SSSR count). The van der Waals surface area contributed by atoms with Crippen LogP contribution in [0.3, 0.4) is 0 Å². The minimum absolute atomic E-state index is 0.0144. The first-order valence-corrected chi connectivity index (χ1v) is 13.1. The number of rotatable bonds is 9. The van der Waals surface area contributed by atoms with Crippen LogP contribution in [0.15, 0.2) is 96.4 Å². The van der Waals surface area contributed by atoms with E-state index in [-0.39, 0.29) is 29.6 Å². The van der Waals surface area contributed by atoms with Gasteiger partial charge in [0.2, 0.25) is 5.88 Å². The molecule has 4 aromatic rings. The van der Waals surface area contributed by atoms with Crippen molar-refractivity contribution in [2.75, 3.05) is 13.7 Å². The van der Waals surface area contributed by atoms with Gasteiger partial charge in [-0.2, -0.15) is 5.26 Å². The zero-order valence-corrected chi connectivity index (χ0v) is 22.9. The number of hydrogen-bond acceptors (Lipinski definition) is 8. The highest BCUT2D eigenvalue weighted by molar-refractivity contribution is 5.91. The van der Waals surface area contributed by atoms with Gasteiger partial charge in [-0.05, 0) is 61.0 Å². The van der Waals surface area contributed by atoms with E-state index in [0.717, 1.165) is 0 Å². The maximum absolute atomic E-state index is 14.1. The molecule has 0 saturated carbocycles. The second-order valence-corrected chi connectivity index (χ2v) is 9.26. The fourth-order valence-corrected chi connectivity index (χ4v) is 4.60. The average Bonchev–Trinajstić information content (AvgIpc) is 3.00. The number of esters is 1. The van der Waals surface area contributed by atoms with Crippen molar-refractivity contribution in [2.24, 2.45) is 5.73 Å². The first kappa shape index (κ1) is 28.1. The number of nitriles is 1. The van der Waals surface area contributed by atoms with Gasteiger partial charge >= 0.3 is 5.97 Å². The Morgan fingerprint density at radius 2 is 1.74 bits per heavy atom. The molecule has 0 aromatic heterocycles. The van der Waals surface area contributed by atoms with Crippen molar-refractivity contribution < 1.29 is 32.9 Å². The summed E-state index contributed by atoms with van der Waals surface area (Å²) in [6.07, 6.45) is 0. The van der Waals surface area contributed by atoms with E-state index in [2.05, 4.69) is 6.07 Å². The zero-order chi connectivity index (χ0) is 29.6. The summed E-state index contributed by atoms with van der Waals surface area (Å²) in [6, 6.07) is 25.3. The molecule has 4 aromatic carbocycles. The molecule has 0 radical (unpaired) electrons. The highest BCUT2D eigenvalue weighted by Crippen LogP contribution is 2.45. The van der Waals surface area contributed by atoms with Crippen LogP contribution in [0.5, 0.6) is 28.7 Å². The number of carbonyl (C=O) groups excluding carboxylic acids is 1. The fourth-order valence-electron chi connectivity index (χ4n) is 4.60. The molecule has 42 heavy (non-hydrogen) atoms. The maximum Gasteiger partial charge on any atom is 0.343 e. The molecule has 1 atom stereocenters. The molecule has 0 saturated heterocycles. The lowest BCUT2D eigenvalue weighted by atomic mass is 9.83. The van der Waals surface area contributed by atoms with Gasteiger partial charge in [0.25, 0.3) is 0 Å². The number of allylic oxidation sites excluding steroid dienone is 1. The molecule has 1 heterocycles. The molecule has 0 fully saturated rings. The van der Waals surface area contributed by atoms with Crippen LogP contribution in [0.2, 0.25) is 0 Å². The first-order valence-electron chi connectivity index (χ1n) is 13.1. The van der Waals surface area contributed by atoms with Crippen LogP contribution in [0, 0.1) is 17.1 Å². The number of carbonyl (C=O) groups is 1. The Morgan fingerprint density at radius 3 is 2.45 bits per heavy atom. The molecule has 1 aliphatic heterocycles. The molecule has 0 amide bonds. The number of hydrogen-bond donors (Lipinski definition) is 1. The van der Waals surface area contributed by atoms with Crippen LogP contribution in [-0.2, 0) is 6.61 Å². The van der Waals surface area contributed by atoms with Gasteiger partial charge in [0, 0.05) is 17.2 Å². The average molecular weight is 567 g/mol. The Kier molecular flexibility index (Phi) is 8.25. The second-order valence-electron chi connectivity index (χ2n) is 9.26. The lowest BCUT2D eigenvalue weighted by Crippen LogP contribution is -2.21. The number of benzene rings is 4. The molecule has 1 aliphatic rings. The first-order chi connectivity index (χ1) is 20.4. The Morgan fingerprint density at radius 1 is 0.976 bits per heavy atom. The summed E-state index contributed by atoms with van der Waals surface area (Å²) in [5.41, 5.74) is 8.49. The Hall–Kier alpha value is -5.49. The van der Waals surface area contributed by atoms with Crippen molar-refractivity contribution in [3.05, 3.63) is 124 Å². The lowest BCUT2D eigenvalue weighted by Gasteiger charge is -2.27. The van der Waals surface area contributed by atoms with Gasteiger partial charge in [-0.3, -0.25) is 0 Å². The van der Waals surface area contributed by atoms with E-state index in [0.29, 0.717) is 51.9 Å². The van der Waals surface area contributed by atoms with E-state index in [1.165, 1.54) is 6.07 Å². The highest BCUT2D eigenvalue weighted by atomic mass is 19.1. The Labute approximate surface area is 242 Å². The molecule has 1 unspecified atom stereocenters. The zero-order valence-electron chi connectivity index (χ0n) is 22.9. The number of fused-ring (bicyclic) bond motifs is 1. The van der Waals surface area contributed by atoms with E-state index in [9.17, 15) is 14.4 Å². The molecule has 9 heteroatoms. The monoisotopic (exact) mass is 566 g/mol. The minimum atomic E-state index is -0.593. The summed E-state index contributed by atoms with van der Waals surface area (Å²) in [5.74, 6) is 0.483. The van der Waals surface area contributed by atoms with Gasteiger partial charge < -0.3 is 29.4 Å². The molecule has 212 valence electrons. The molecule has 0 spiro atoms. The molecular formula is C33H27FN2O6. The van der Waals surface area contributed by atoms with Crippen LogP contribution >= 0.6 is 0 Å². The van der Waals surface area contributed by atoms with Crippen molar-refractivity contribution in [2.45, 2.75) is 19.4 Å². The number of halogens is 1. The Balaban J connectivity index is 1.44. The van der Waals surface area contributed by atoms with Crippen molar-refractivity contribution in [3.8, 4) is 34.8 Å². The molecular weight excluding hydrogens is 539 g/mol. The maximum atomic E-state index is 14.1. The van der Waals surface area contributed by atoms with Crippen molar-refractivity contribution >= 4 is 5.97 Å². The quantitative estimate of drug-likeness (QED) is 0.187. The number of ether oxygens (including phenoxy) is 5. The molecule has 0 aliphatic carbocycles. The van der Waals surface area contributed by atoms with Crippen LogP contribution in [0.4, 0.5) is 4.39 Å². The Bertz CT molecular complexity index is 1690. The highest BCUT2D eigenvalue weighted by Gasteiger charge is 2.32. The van der Waals surface area contributed by atoms with E-state index >= 15 is 0 Å². The van der Waals surface area contributed by atoms with Crippen LogP contribution in [0.1, 0.15) is 39.9 Å². The third-order valence-electron chi connectivity index (χ3n) is 6.67. The molecule has 2 N–H and O–H groups in total. The number of methoxy groups -OCH3 is 1. The summed E-state index contributed by atoms with van der Waals surface area (Å²) in [4.78, 5) is 12.7. The SMILES string of the molecule is CCOc1cc(C2C(C#N)=C(N)Oc3cc(OC(=O)c4ccc(OC)cc4)ccc32)ccc1OCc1ccccc1F. The van der Waals surface area contributed by atoms with Gasteiger partial charge in [-0.1, -0.05) is 30.3 Å². The van der Waals surface area contributed by atoms with Crippen molar-refractivity contribution in [1.29, 1.82) is 5.26 Å². The van der Waals surface area contributed by atoms with E-state index in [1.807, 2.05) is 6.92 Å². The van der Waals surface area contributed by atoms with E-state index < -0.39 is 11.9 Å². The van der Waals surface area contributed by atoms with E-state index in [4.69, 9.17) is 29.4 Å². The van der Waals surface area contributed by atoms with Gasteiger partial charge in [0.1, 0.15) is 41.3 Å². The van der Waals surface area contributed by atoms with Crippen LogP contribution in [0.25, 0.3) is 0 Å². The normalized spacial score (nSPS) is 13.8. The second kappa shape index (κ2) is 12.4. The largest absolute Gasteiger partial charge is 0.497 e. The van der Waals surface area contributed by atoms with Crippen molar-refractivity contribution in [1.82, 2.24) is 0 Å². The number of nitrogens with two attached hydrogens (primary N) is 1. The van der Waals surface area contributed by atoms with Gasteiger partial charge in [-0.15, -0.1) is 0 Å². The summed E-state index contributed by atoms with van der Waals surface area (Å²) >= 11 is 0. The van der Waals surface area contributed by atoms with Gasteiger partial charge in [0.15, 0.2) is 11.5 Å².